The molecule has 0 atom stereocenters. The van der Waals surface area contributed by atoms with Gasteiger partial charge < -0.3 is 4.74 Å². The quantitative estimate of drug-likeness (QED) is 0.284. The normalized spacial score (nSPS) is 12.5. The third-order valence-corrected chi connectivity index (χ3v) is 1.37. The molecule has 13 heavy (non-hydrogen) atoms. The van der Waals surface area contributed by atoms with E-state index in [1.54, 1.807) is 12.2 Å². The van der Waals surface area contributed by atoms with Gasteiger partial charge in [-0.1, -0.05) is 19.6 Å². The molecule has 0 N–H and O–H groups in total. The first-order valence-corrected chi connectivity index (χ1v) is 3.89. The van der Waals surface area contributed by atoms with Gasteiger partial charge in [-0.05, 0) is 12.5 Å². The van der Waals surface area contributed by atoms with Crippen LogP contribution in [-0.4, -0.2) is 12.0 Å². The Balaban J connectivity index is 4.93. The largest absolute Gasteiger partial charge is 0.490 e. The van der Waals surface area contributed by atoms with Gasteiger partial charge in [-0.3, -0.25) is 10.1 Å². The summed E-state index contributed by atoms with van der Waals surface area (Å²) < 4.78 is 4.85. The number of nitrogens with zero attached hydrogens (tertiary/aromatic N) is 1. The minimum absolute atomic E-state index is 0.118. The Morgan fingerprint density at radius 3 is 2.62 bits per heavy atom. The summed E-state index contributed by atoms with van der Waals surface area (Å²) in [7, 11) is 1.39. The molecule has 0 amide bonds. The zero-order valence-corrected chi connectivity index (χ0v) is 7.82. The van der Waals surface area contributed by atoms with E-state index in [0.717, 1.165) is 6.42 Å². The van der Waals surface area contributed by atoms with Crippen molar-refractivity contribution < 1.29 is 9.66 Å². The predicted octanol–water partition coefficient (Wildman–Crippen LogP) is 2.27. The van der Waals surface area contributed by atoms with Gasteiger partial charge in [0.15, 0.2) is 5.76 Å². The average Bonchev–Trinajstić information content (AvgIpc) is 2.11. The van der Waals surface area contributed by atoms with Crippen molar-refractivity contribution in [3.8, 4) is 0 Å². The highest BCUT2D eigenvalue weighted by Crippen LogP contribution is 2.09. The number of allylic oxidation sites excluding steroid dienone is 3. The minimum atomic E-state index is -0.522. The molecule has 0 fully saturated rings. The zero-order valence-electron chi connectivity index (χ0n) is 7.82. The van der Waals surface area contributed by atoms with Gasteiger partial charge in [0.25, 0.3) is 0 Å². The Morgan fingerprint density at radius 1 is 1.69 bits per heavy atom. The van der Waals surface area contributed by atoms with Crippen LogP contribution >= 0.6 is 0 Å². The molecule has 0 aliphatic heterocycles. The highest BCUT2D eigenvalue weighted by atomic mass is 16.6. The lowest BCUT2D eigenvalue weighted by atomic mass is 10.3. The zero-order chi connectivity index (χ0) is 10.3. The van der Waals surface area contributed by atoms with Gasteiger partial charge in [0.05, 0.1) is 12.0 Å². The summed E-state index contributed by atoms with van der Waals surface area (Å²) in [5.74, 6) is 0.224. The van der Waals surface area contributed by atoms with E-state index < -0.39 is 4.92 Å². The molecule has 0 aromatic carbocycles. The number of ether oxygens (including phenoxy) is 1. The van der Waals surface area contributed by atoms with Crippen molar-refractivity contribution in [2.24, 2.45) is 0 Å². The van der Waals surface area contributed by atoms with Crippen molar-refractivity contribution in [2.45, 2.75) is 13.3 Å². The smallest absolute Gasteiger partial charge is 0.310 e. The second kappa shape index (κ2) is 5.99. The molecule has 0 aliphatic carbocycles. The molecule has 0 heterocycles. The van der Waals surface area contributed by atoms with Gasteiger partial charge in [-0.25, -0.2) is 0 Å². The minimum Gasteiger partial charge on any atom is -0.490 e. The van der Waals surface area contributed by atoms with Crippen LogP contribution in [0.4, 0.5) is 0 Å². The van der Waals surface area contributed by atoms with Crippen LogP contribution in [0.2, 0.25) is 0 Å². The molecule has 0 unspecified atom stereocenters. The van der Waals surface area contributed by atoms with E-state index >= 15 is 0 Å². The van der Waals surface area contributed by atoms with E-state index in [9.17, 15) is 10.1 Å². The third kappa shape index (κ3) is 3.55. The molecule has 0 aliphatic rings. The molecule has 0 saturated carbocycles. The van der Waals surface area contributed by atoms with Crippen LogP contribution in [0.25, 0.3) is 0 Å². The van der Waals surface area contributed by atoms with Gasteiger partial charge in [0, 0.05) is 6.08 Å². The van der Waals surface area contributed by atoms with Crippen molar-refractivity contribution in [2.75, 3.05) is 7.11 Å². The summed E-state index contributed by atoms with van der Waals surface area (Å²) in [6, 6.07) is 0. The van der Waals surface area contributed by atoms with Crippen LogP contribution in [0.1, 0.15) is 13.3 Å². The number of nitro groups is 1. The standard InChI is InChI=1S/C9H13NO3/c1-4-6-7-9(13-3)8(5-2)10(11)12/h5-7H,2,4H2,1,3H3/b7-6-,9-8-. The second-order valence-corrected chi connectivity index (χ2v) is 2.23. The first-order chi connectivity index (χ1) is 6.17. The lowest BCUT2D eigenvalue weighted by Gasteiger charge is -1.99. The van der Waals surface area contributed by atoms with Crippen LogP contribution in [0.3, 0.4) is 0 Å². The monoisotopic (exact) mass is 183 g/mol. The highest BCUT2D eigenvalue weighted by Gasteiger charge is 2.12. The van der Waals surface area contributed by atoms with Crippen LogP contribution in [0, 0.1) is 10.1 Å². The number of hydrogen-bond acceptors (Lipinski definition) is 3. The van der Waals surface area contributed by atoms with Gasteiger partial charge in [0.2, 0.25) is 0 Å². The van der Waals surface area contributed by atoms with E-state index in [0.29, 0.717) is 0 Å². The number of rotatable bonds is 5. The number of methoxy groups -OCH3 is 1. The van der Waals surface area contributed by atoms with E-state index in [-0.39, 0.29) is 11.5 Å². The summed E-state index contributed by atoms with van der Waals surface area (Å²) >= 11 is 0. The van der Waals surface area contributed by atoms with E-state index in [1.165, 1.54) is 13.2 Å². The van der Waals surface area contributed by atoms with E-state index in [1.807, 2.05) is 6.92 Å². The molecule has 72 valence electrons. The van der Waals surface area contributed by atoms with Gasteiger partial charge >= 0.3 is 5.70 Å². The second-order valence-electron chi connectivity index (χ2n) is 2.23. The summed E-state index contributed by atoms with van der Waals surface area (Å²) in [4.78, 5) is 9.93. The van der Waals surface area contributed by atoms with Crippen molar-refractivity contribution in [3.63, 3.8) is 0 Å². The predicted molar refractivity (Wildman–Crippen MR) is 50.7 cm³/mol. The van der Waals surface area contributed by atoms with Crippen LogP contribution < -0.4 is 0 Å². The maximum absolute atomic E-state index is 10.5. The molecule has 4 heteroatoms. The summed E-state index contributed by atoms with van der Waals surface area (Å²) in [6.07, 6.45) is 5.32. The molecule has 0 radical (unpaired) electrons. The van der Waals surface area contributed by atoms with Crippen LogP contribution in [0.5, 0.6) is 0 Å². The lowest BCUT2D eigenvalue weighted by Crippen LogP contribution is -2.00. The van der Waals surface area contributed by atoms with Gasteiger partial charge in [0.1, 0.15) is 0 Å². The maximum Gasteiger partial charge on any atom is 0.310 e. The first kappa shape index (κ1) is 11.4. The summed E-state index contributed by atoms with van der Waals surface area (Å²) in [6.45, 7) is 5.28. The first-order valence-electron chi connectivity index (χ1n) is 3.89. The molecule has 0 spiro atoms. The SMILES string of the molecule is C=C/C(=C(\C=C/CC)OC)[N+](=O)[O-]. The Kier molecular flexibility index (Phi) is 5.27. The van der Waals surface area contributed by atoms with Crippen LogP contribution in [-0.2, 0) is 4.74 Å². The van der Waals surface area contributed by atoms with Crippen molar-refractivity contribution >= 4 is 0 Å². The lowest BCUT2D eigenvalue weighted by molar-refractivity contribution is -0.421. The maximum atomic E-state index is 10.5. The molecular weight excluding hydrogens is 170 g/mol. The molecule has 0 aromatic heterocycles. The number of hydrogen-bond donors (Lipinski definition) is 0. The van der Waals surface area contributed by atoms with Crippen molar-refractivity contribution in [1.29, 1.82) is 0 Å². The molecule has 0 aromatic rings. The van der Waals surface area contributed by atoms with Crippen LogP contribution in [0.15, 0.2) is 36.3 Å². The fraction of sp³-hybridized carbons (Fsp3) is 0.333. The van der Waals surface area contributed by atoms with Crippen molar-refractivity contribution in [1.82, 2.24) is 0 Å². The Bertz CT molecular complexity index is 254. The Morgan fingerprint density at radius 2 is 2.31 bits per heavy atom. The molecule has 4 nitrogen and oxygen atoms in total. The molecule has 0 rings (SSSR count). The fourth-order valence-electron chi connectivity index (χ4n) is 0.748. The molecular formula is C9H13NO3. The van der Waals surface area contributed by atoms with Crippen molar-refractivity contribution in [3.05, 3.63) is 46.4 Å². The molecule has 0 bridgehead atoms. The Hall–Kier alpha value is -1.58. The van der Waals surface area contributed by atoms with E-state index in [4.69, 9.17) is 4.74 Å². The third-order valence-electron chi connectivity index (χ3n) is 1.37. The van der Waals surface area contributed by atoms with Gasteiger partial charge in [-0.2, -0.15) is 0 Å². The highest BCUT2D eigenvalue weighted by molar-refractivity contribution is 5.22. The average molecular weight is 183 g/mol. The Labute approximate surface area is 77.4 Å². The summed E-state index contributed by atoms with van der Waals surface area (Å²) in [5.41, 5.74) is -0.118. The van der Waals surface area contributed by atoms with E-state index in [2.05, 4.69) is 6.58 Å². The van der Waals surface area contributed by atoms with Gasteiger partial charge in [-0.15, -0.1) is 0 Å². The molecule has 0 saturated heterocycles. The fourth-order valence-corrected chi connectivity index (χ4v) is 0.748. The summed E-state index contributed by atoms with van der Waals surface area (Å²) in [5, 5.41) is 10.5. The topological polar surface area (TPSA) is 52.4 Å².